The summed E-state index contributed by atoms with van der Waals surface area (Å²) in [6.45, 7) is 0. The van der Waals surface area contributed by atoms with Crippen molar-refractivity contribution < 1.29 is 4.79 Å². The van der Waals surface area contributed by atoms with Gasteiger partial charge in [-0.05, 0) is 24.3 Å². The van der Waals surface area contributed by atoms with Gasteiger partial charge >= 0.3 is 0 Å². The molecular weight excluding hydrogens is 216 g/mol. The van der Waals surface area contributed by atoms with Crippen LogP contribution in [-0.2, 0) is 0 Å². The van der Waals surface area contributed by atoms with Crippen molar-refractivity contribution in [1.29, 1.82) is 0 Å². The van der Waals surface area contributed by atoms with Gasteiger partial charge in [0.25, 0.3) is 5.91 Å². The lowest BCUT2D eigenvalue weighted by Gasteiger charge is -2.04. The lowest BCUT2D eigenvalue weighted by Crippen LogP contribution is -2.14. The highest BCUT2D eigenvalue weighted by molar-refractivity contribution is 6.02. The van der Waals surface area contributed by atoms with Crippen LogP contribution in [0.25, 0.3) is 0 Å². The Bertz CT molecular complexity index is 496. The Balaban J connectivity index is 2.09. The van der Waals surface area contributed by atoms with Gasteiger partial charge in [0.05, 0.1) is 11.9 Å². The molecule has 5 nitrogen and oxygen atoms in total. The van der Waals surface area contributed by atoms with Crippen LogP contribution in [0.5, 0.6) is 0 Å². The third-order valence-electron chi connectivity index (χ3n) is 2.19. The fraction of sp³-hybridized carbons (Fsp3) is 0.0833. The van der Waals surface area contributed by atoms with Gasteiger partial charge in [0, 0.05) is 13.2 Å². The van der Waals surface area contributed by atoms with Crippen LogP contribution in [0, 0.1) is 0 Å². The average molecular weight is 228 g/mol. The lowest BCUT2D eigenvalue weighted by molar-refractivity contribution is 0.102. The number of carbonyl (C=O) groups is 1. The summed E-state index contributed by atoms with van der Waals surface area (Å²) in [5.41, 5.74) is 1.22. The van der Waals surface area contributed by atoms with Crippen molar-refractivity contribution in [3.05, 3.63) is 48.4 Å². The molecule has 5 heteroatoms. The predicted molar refractivity (Wildman–Crippen MR) is 66.0 cm³/mol. The zero-order valence-electron chi connectivity index (χ0n) is 9.34. The zero-order valence-corrected chi connectivity index (χ0v) is 9.34. The Morgan fingerprint density at radius 1 is 1.18 bits per heavy atom. The highest BCUT2D eigenvalue weighted by Gasteiger charge is 2.07. The number of hydrogen-bond donors (Lipinski definition) is 2. The number of nitrogens with one attached hydrogen (secondary N) is 2. The van der Waals surface area contributed by atoms with Crippen molar-refractivity contribution in [2.75, 3.05) is 17.7 Å². The summed E-state index contributed by atoms with van der Waals surface area (Å²) in [5.74, 6) is 0.239. The standard InChI is InChI=1S/C12H12N4O/c1-13-9-5-6-10(15-8-9)12(17)16-11-4-2-3-7-14-11/h2-8,13H,1H3,(H,14,16,17). The topological polar surface area (TPSA) is 66.9 Å². The monoisotopic (exact) mass is 228 g/mol. The number of pyridine rings is 2. The SMILES string of the molecule is CNc1ccc(C(=O)Nc2ccccn2)nc1. The summed E-state index contributed by atoms with van der Waals surface area (Å²) in [5, 5.41) is 5.60. The Hall–Kier alpha value is -2.43. The highest BCUT2D eigenvalue weighted by Crippen LogP contribution is 2.07. The first-order chi connectivity index (χ1) is 8.29. The molecule has 0 bridgehead atoms. The third-order valence-corrected chi connectivity index (χ3v) is 2.19. The normalized spacial score (nSPS) is 9.71. The Morgan fingerprint density at radius 3 is 2.65 bits per heavy atom. The van der Waals surface area contributed by atoms with E-state index in [9.17, 15) is 4.79 Å². The Labute approximate surface area is 98.9 Å². The van der Waals surface area contributed by atoms with Crippen molar-refractivity contribution in [3.8, 4) is 0 Å². The summed E-state index contributed by atoms with van der Waals surface area (Å²) in [6, 6.07) is 8.76. The van der Waals surface area contributed by atoms with Gasteiger partial charge in [0.2, 0.25) is 0 Å². The van der Waals surface area contributed by atoms with Crippen LogP contribution in [0.1, 0.15) is 10.5 Å². The molecule has 0 saturated heterocycles. The molecule has 0 aliphatic rings. The zero-order chi connectivity index (χ0) is 12.1. The van der Waals surface area contributed by atoms with Gasteiger partial charge in [-0.3, -0.25) is 4.79 Å². The molecule has 0 unspecified atom stereocenters. The largest absolute Gasteiger partial charge is 0.387 e. The molecule has 0 aliphatic heterocycles. The predicted octanol–water partition coefficient (Wildman–Crippen LogP) is 1.77. The quantitative estimate of drug-likeness (QED) is 0.840. The molecule has 17 heavy (non-hydrogen) atoms. The first kappa shape index (κ1) is 11.1. The summed E-state index contributed by atoms with van der Waals surface area (Å²) in [4.78, 5) is 19.8. The molecule has 0 aliphatic carbocycles. The van der Waals surface area contributed by atoms with Crippen molar-refractivity contribution in [2.24, 2.45) is 0 Å². The van der Waals surface area contributed by atoms with E-state index >= 15 is 0 Å². The fourth-order valence-corrected chi connectivity index (χ4v) is 1.29. The van der Waals surface area contributed by atoms with E-state index in [0.717, 1.165) is 5.69 Å². The van der Waals surface area contributed by atoms with Crippen LogP contribution >= 0.6 is 0 Å². The smallest absolute Gasteiger partial charge is 0.275 e. The molecule has 2 heterocycles. The fourth-order valence-electron chi connectivity index (χ4n) is 1.29. The molecule has 1 amide bonds. The maximum absolute atomic E-state index is 11.8. The van der Waals surface area contributed by atoms with Gasteiger partial charge in [-0.2, -0.15) is 0 Å². The van der Waals surface area contributed by atoms with Gasteiger partial charge in [0.1, 0.15) is 11.5 Å². The van der Waals surface area contributed by atoms with Crippen LogP contribution in [-0.4, -0.2) is 22.9 Å². The second-order valence-electron chi connectivity index (χ2n) is 3.35. The van der Waals surface area contributed by atoms with E-state index in [-0.39, 0.29) is 5.91 Å². The van der Waals surface area contributed by atoms with Crippen LogP contribution in [0.3, 0.4) is 0 Å². The van der Waals surface area contributed by atoms with E-state index in [0.29, 0.717) is 11.5 Å². The minimum atomic E-state index is -0.272. The molecule has 2 aromatic heterocycles. The van der Waals surface area contributed by atoms with Crippen molar-refractivity contribution in [2.45, 2.75) is 0 Å². The van der Waals surface area contributed by atoms with E-state index in [2.05, 4.69) is 20.6 Å². The number of anilines is 2. The van der Waals surface area contributed by atoms with E-state index in [1.165, 1.54) is 0 Å². The Morgan fingerprint density at radius 2 is 2.06 bits per heavy atom. The minimum absolute atomic E-state index is 0.272. The number of rotatable bonds is 3. The molecular formula is C12H12N4O. The third kappa shape index (κ3) is 2.78. The second-order valence-corrected chi connectivity index (χ2v) is 3.35. The van der Waals surface area contributed by atoms with Crippen LogP contribution in [0.4, 0.5) is 11.5 Å². The molecule has 2 aromatic rings. The number of hydrogen-bond acceptors (Lipinski definition) is 4. The van der Waals surface area contributed by atoms with Gasteiger partial charge < -0.3 is 10.6 Å². The molecule has 86 valence electrons. The average Bonchev–Trinajstić information content (AvgIpc) is 2.40. The number of nitrogens with zero attached hydrogens (tertiary/aromatic N) is 2. The maximum Gasteiger partial charge on any atom is 0.275 e. The molecule has 0 spiro atoms. The number of amides is 1. The molecule has 0 aromatic carbocycles. The molecule has 2 N–H and O–H groups in total. The van der Waals surface area contributed by atoms with E-state index in [1.807, 2.05) is 0 Å². The number of carbonyl (C=O) groups excluding carboxylic acids is 1. The highest BCUT2D eigenvalue weighted by atomic mass is 16.1. The van der Waals surface area contributed by atoms with E-state index in [4.69, 9.17) is 0 Å². The number of aromatic nitrogens is 2. The Kier molecular flexibility index (Phi) is 3.30. The maximum atomic E-state index is 11.8. The minimum Gasteiger partial charge on any atom is -0.387 e. The first-order valence-corrected chi connectivity index (χ1v) is 5.16. The summed E-state index contributed by atoms with van der Waals surface area (Å²) >= 11 is 0. The molecule has 0 fully saturated rings. The molecule has 2 rings (SSSR count). The van der Waals surface area contributed by atoms with Crippen molar-refractivity contribution in [3.63, 3.8) is 0 Å². The van der Waals surface area contributed by atoms with Crippen molar-refractivity contribution in [1.82, 2.24) is 9.97 Å². The van der Waals surface area contributed by atoms with Crippen LogP contribution in [0.2, 0.25) is 0 Å². The van der Waals surface area contributed by atoms with E-state index < -0.39 is 0 Å². The van der Waals surface area contributed by atoms with E-state index in [1.54, 1.807) is 49.8 Å². The molecule has 0 saturated carbocycles. The summed E-state index contributed by atoms with van der Waals surface area (Å²) < 4.78 is 0. The summed E-state index contributed by atoms with van der Waals surface area (Å²) in [6.07, 6.45) is 3.22. The van der Waals surface area contributed by atoms with Crippen molar-refractivity contribution >= 4 is 17.4 Å². The van der Waals surface area contributed by atoms with Crippen LogP contribution in [0.15, 0.2) is 42.7 Å². The summed E-state index contributed by atoms with van der Waals surface area (Å²) in [7, 11) is 1.80. The van der Waals surface area contributed by atoms with Gasteiger partial charge in [-0.15, -0.1) is 0 Å². The van der Waals surface area contributed by atoms with Gasteiger partial charge in [0.15, 0.2) is 0 Å². The lowest BCUT2D eigenvalue weighted by atomic mass is 10.3. The molecule has 0 radical (unpaired) electrons. The first-order valence-electron chi connectivity index (χ1n) is 5.16. The van der Waals surface area contributed by atoms with Gasteiger partial charge in [-0.1, -0.05) is 6.07 Å². The van der Waals surface area contributed by atoms with Gasteiger partial charge in [-0.25, -0.2) is 9.97 Å². The van der Waals surface area contributed by atoms with Crippen LogP contribution < -0.4 is 10.6 Å². The molecule has 0 atom stereocenters. The second kappa shape index (κ2) is 5.07.